The fourth-order valence-electron chi connectivity index (χ4n) is 9.14. The van der Waals surface area contributed by atoms with Crippen molar-refractivity contribution in [2.75, 3.05) is 9.80 Å². The monoisotopic (exact) mass is 704 g/mol. The van der Waals surface area contributed by atoms with Crippen molar-refractivity contribution < 1.29 is 0 Å². The van der Waals surface area contributed by atoms with Gasteiger partial charge in [-0.15, -0.1) is 22.7 Å². The first-order valence-corrected chi connectivity index (χ1v) is 19.7. The lowest BCUT2D eigenvalue weighted by Gasteiger charge is -2.42. The van der Waals surface area contributed by atoms with Crippen molar-refractivity contribution in [3.8, 4) is 0 Å². The van der Waals surface area contributed by atoms with E-state index in [1.54, 1.807) is 0 Å². The van der Waals surface area contributed by atoms with Crippen LogP contribution in [0.15, 0.2) is 146 Å². The summed E-state index contributed by atoms with van der Waals surface area (Å²) in [6.45, 7) is 9.55. The Morgan fingerprint density at radius 3 is 1.12 bits per heavy atom. The van der Waals surface area contributed by atoms with Crippen LogP contribution in [0, 0.1) is 0 Å². The van der Waals surface area contributed by atoms with E-state index < -0.39 is 0 Å². The van der Waals surface area contributed by atoms with Gasteiger partial charge in [-0.2, -0.15) is 0 Å². The minimum atomic E-state index is -0.143. The van der Waals surface area contributed by atoms with Gasteiger partial charge in [-0.1, -0.05) is 100 Å². The van der Waals surface area contributed by atoms with Gasteiger partial charge in [-0.25, -0.2) is 0 Å². The van der Waals surface area contributed by atoms with E-state index in [9.17, 15) is 0 Å². The normalized spacial score (nSPS) is 15.5. The molecule has 0 N–H and O–H groups in total. The number of rotatable bonds is 2. The zero-order chi connectivity index (χ0) is 34.9. The van der Waals surface area contributed by atoms with Crippen LogP contribution in [0.2, 0.25) is 0 Å². The lowest BCUT2D eigenvalue weighted by Crippen LogP contribution is -2.30. The molecule has 0 aliphatic carbocycles. The maximum atomic E-state index is 2.50. The fraction of sp³-hybridized carbons (Fsp3) is 0.125. The lowest BCUT2D eigenvalue weighted by molar-refractivity contribution is 0.633. The molecule has 52 heavy (non-hydrogen) atoms. The second-order valence-corrected chi connectivity index (χ2v) is 17.6. The second-order valence-electron chi connectivity index (χ2n) is 15.4. The zero-order valence-electron chi connectivity index (χ0n) is 29.6. The molecule has 0 fully saturated rings. The molecule has 0 amide bonds. The van der Waals surface area contributed by atoms with Gasteiger partial charge in [0.1, 0.15) is 0 Å². The summed E-state index contributed by atoms with van der Waals surface area (Å²) < 4.78 is 5.36. The molecular weight excluding hydrogens is 669 g/mol. The minimum Gasteiger partial charge on any atom is -0.310 e. The molecule has 0 radical (unpaired) electrons. The Labute approximate surface area is 311 Å². The van der Waals surface area contributed by atoms with Gasteiger partial charge in [0.05, 0.1) is 22.7 Å². The van der Waals surface area contributed by atoms with Crippen molar-refractivity contribution in [2.24, 2.45) is 0 Å². The van der Waals surface area contributed by atoms with Gasteiger partial charge < -0.3 is 9.80 Å². The molecule has 0 unspecified atom stereocenters. The maximum absolute atomic E-state index is 2.50. The van der Waals surface area contributed by atoms with Crippen LogP contribution in [0.3, 0.4) is 0 Å². The fourth-order valence-corrected chi connectivity index (χ4v) is 11.4. The summed E-state index contributed by atoms with van der Waals surface area (Å²) in [5, 5.41) is 5.41. The van der Waals surface area contributed by atoms with Crippen molar-refractivity contribution >= 4 is 97.1 Å². The van der Waals surface area contributed by atoms with E-state index in [0.29, 0.717) is 0 Å². The average molecular weight is 705 g/mol. The number of fused-ring (bicyclic) bond motifs is 10. The molecule has 250 valence electrons. The van der Waals surface area contributed by atoms with Gasteiger partial charge >= 0.3 is 0 Å². The Bertz CT molecular complexity index is 2710. The quantitative estimate of drug-likeness (QED) is 0.177. The first-order valence-electron chi connectivity index (χ1n) is 18.1. The Morgan fingerprint density at radius 2 is 0.692 bits per heavy atom. The molecule has 0 spiro atoms. The van der Waals surface area contributed by atoms with E-state index in [2.05, 4.69) is 183 Å². The number of para-hydroxylation sites is 4. The number of anilines is 6. The molecule has 2 aromatic heterocycles. The second kappa shape index (κ2) is 10.6. The summed E-state index contributed by atoms with van der Waals surface area (Å²) in [6, 6.07) is 54.4. The highest BCUT2D eigenvalue weighted by Gasteiger charge is 2.39. The topological polar surface area (TPSA) is 6.48 Å². The van der Waals surface area contributed by atoms with Crippen LogP contribution in [0.25, 0.3) is 40.3 Å². The maximum Gasteiger partial charge on any atom is 0.0517 e. The zero-order valence-corrected chi connectivity index (χ0v) is 31.2. The Hall–Kier alpha value is -5.42. The molecule has 0 bridgehead atoms. The molecule has 7 aromatic carbocycles. The molecule has 11 rings (SSSR count). The van der Waals surface area contributed by atoms with Crippen molar-refractivity contribution in [2.45, 2.75) is 38.5 Å². The first kappa shape index (κ1) is 30.2. The highest BCUT2D eigenvalue weighted by atomic mass is 32.1. The van der Waals surface area contributed by atoms with Gasteiger partial charge in [0, 0.05) is 62.5 Å². The van der Waals surface area contributed by atoms with Crippen LogP contribution in [0.4, 0.5) is 34.1 Å². The van der Waals surface area contributed by atoms with Crippen LogP contribution < -0.4 is 9.80 Å². The number of hydrogen-bond donors (Lipinski definition) is 0. The Kier molecular flexibility index (Phi) is 6.14. The average Bonchev–Trinajstić information content (AvgIpc) is 3.70. The molecular formula is C48H36N2S2. The molecule has 2 aliphatic heterocycles. The summed E-state index contributed by atoms with van der Waals surface area (Å²) in [7, 11) is 0. The molecule has 0 saturated heterocycles. The third-order valence-corrected chi connectivity index (χ3v) is 14.0. The van der Waals surface area contributed by atoms with Crippen molar-refractivity contribution in [3.05, 3.63) is 168 Å². The summed E-state index contributed by atoms with van der Waals surface area (Å²) in [4.78, 5) is 4.93. The van der Waals surface area contributed by atoms with Crippen LogP contribution in [-0.2, 0) is 10.8 Å². The van der Waals surface area contributed by atoms with Crippen LogP contribution >= 0.6 is 22.7 Å². The summed E-state index contributed by atoms with van der Waals surface area (Å²) in [5.41, 5.74) is 12.6. The Balaban J connectivity index is 1.14. The third kappa shape index (κ3) is 4.05. The van der Waals surface area contributed by atoms with E-state index >= 15 is 0 Å². The molecule has 9 aromatic rings. The van der Waals surface area contributed by atoms with Crippen molar-refractivity contribution in [1.29, 1.82) is 0 Å². The molecule has 4 heterocycles. The Morgan fingerprint density at radius 1 is 0.346 bits per heavy atom. The first-order chi connectivity index (χ1) is 25.3. The highest BCUT2D eigenvalue weighted by molar-refractivity contribution is 7.27. The highest BCUT2D eigenvalue weighted by Crippen LogP contribution is 2.56. The summed E-state index contributed by atoms with van der Waals surface area (Å²) in [5.74, 6) is 0. The van der Waals surface area contributed by atoms with Crippen LogP contribution in [-0.4, -0.2) is 0 Å². The summed E-state index contributed by atoms with van der Waals surface area (Å²) in [6.07, 6.45) is 0. The third-order valence-electron chi connectivity index (χ3n) is 11.8. The van der Waals surface area contributed by atoms with Gasteiger partial charge in [0.15, 0.2) is 0 Å². The van der Waals surface area contributed by atoms with E-state index in [-0.39, 0.29) is 10.8 Å². The number of benzene rings is 7. The van der Waals surface area contributed by atoms with Crippen molar-refractivity contribution in [1.82, 2.24) is 0 Å². The van der Waals surface area contributed by atoms with Gasteiger partial charge in [-0.3, -0.25) is 0 Å². The number of nitrogens with zero attached hydrogens (tertiary/aromatic N) is 2. The minimum absolute atomic E-state index is 0.143. The number of hydrogen-bond acceptors (Lipinski definition) is 4. The van der Waals surface area contributed by atoms with Crippen LogP contribution in [0.5, 0.6) is 0 Å². The summed E-state index contributed by atoms with van der Waals surface area (Å²) >= 11 is 3.85. The van der Waals surface area contributed by atoms with E-state index in [1.165, 1.54) is 96.7 Å². The smallest absolute Gasteiger partial charge is 0.0517 e. The predicted octanol–water partition coefficient (Wildman–Crippen LogP) is 14.6. The molecule has 0 saturated carbocycles. The van der Waals surface area contributed by atoms with Crippen LogP contribution in [0.1, 0.15) is 49.9 Å². The molecule has 2 aliphatic rings. The van der Waals surface area contributed by atoms with Gasteiger partial charge in [-0.05, 0) is 95.1 Å². The van der Waals surface area contributed by atoms with Crippen molar-refractivity contribution in [3.63, 3.8) is 0 Å². The standard InChI is InChI=1S/C48H36N2S2/c1-47(2)35-19-11-13-21-39(35)49(29-15-7-5-8-16-29)41-27-45-31(23-37(41)47)33-25-44-34(26-43(33)51-45)32-24-38-42(28-46(32)52-44)50(30-17-9-6-10-18-30)40-22-14-12-20-36(40)48(38,3)4/h5-28H,1-4H3. The van der Waals surface area contributed by atoms with E-state index in [0.717, 1.165) is 0 Å². The van der Waals surface area contributed by atoms with E-state index in [4.69, 9.17) is 0 Å². The molecule has 4 heteroatoms. The van der Waals surface area contributed by atoms with Gasteiger partial charge in [0.2, 0.25) is 0 Å². The van der Waals surface area contributed by atoms with E-state index in [1.807, 2.05) is 22.7 Å². The largest absolute Gasteiger partial charge is 0.310 e. The SMILES string of the molecule is CC1(C)c2ccccc2N(c2ccccc2)c2cc3sc4cc5c(cc4c3cc21)sc1cc2c(cc15)C(C)(C)c1ccccc1N2c1ccccc1. The predicted molar refractivity (Wildman–Crippen MR) is 226 cm³/mol. The van der Waals surface area contributed by atoms with Gasteiger partial charge in [0.25, 0.3) is 0 Å². The molecule has 0 atom stereocenters. The molecule has 2 nitrogen and oxygen atoms in total. The number of thiophene rings is 2. The lowest BCUT2D eigenvalue weighted by atomic mass is 9.73.